The summed E-state index contributed by atoms with van der Waals surface area (Å²) in [6, 6.07) is 12.3. The van der Waals surface area contributed by atoms with Crippen LogP contribution < -0.4 is 5.32 Å². The molecule has 0 amide bonds. The summed E-state index contributed by atoms with van der Waals surface area (Å²) >= 11 is 0. The average Bonchev–Trinajstić information content (AvgIpc) is 2.56. The van der Waals surface area contributed by atoms with Crippen LogP contribution in [-0.4, -0.2) is 21.5 Å². The van der Waals surface area contributed by atoms with Crippen LogP contribution in [-0.2, 0) is 0 Å². The van der Waals surface area contributed by atoms with Gasteiger partial charge in [-0.3, -0.25) is 4.98 Å². The Kier molecular flexibility index (Phi) is 4.17. The first kappa shape index (κ1) is 13.6. The molecular weight excluding hydrogens is 260 g/mol. The Bertz CT molecular complexity index is 707. The zero-order chi connectivity index (χ0) is 14.5. The molecule has 0 saturated carbocycles. The molecule has 0 aliphatic heterocycles. The van der Waals surface area contributed by atoms with Gasteiger partial charge in [-0.15, -0.1) is 0 Å². The number of nitrogens with one attached hydrogen (secondary N) is 1. The molecule has 3 rings (SSSR count). The maximum absolute atomic E-state index is 4.44. The molecule has 0 radical (unpaired) electrons. The molecular formula is C17H18N4. The molecule has 1 atom stereocenters. The van der Waals surface area contributed by atoms with Gasteiger partial charge in [-0.2, -0.15) is 0 Å². The molecule has 0 aliphatic carbocycles. The van der Waals surface area contributed by atoms with E-state index in [-0.39, 0.29) is 6.04 Å². The minimum atomic E-state index is 0.0563. The number of hydrogen-bond donors (Lipinski definition) is 1. The topological polar surface area (TPSA) is 50.7 Å². The summed E-state index contributed by atoms with van der Waals surface area (Å²) in [5.41, 5.74) is 3.19. The van der Waals surface area contributed by atoms with Crippen LogP contribution in [0.1, 0.15) is 30.6 Å². The number of nitrogens with zero attached hydrogens (tertiary/aromatic N) is 3. The molecule has 0 aliphatic rings. The zero-order valence-electron chi connectivity index (χ0n) is 12.0. The molecule has 3 aromatic rings. The minimum Gasteiger partial charge on any atom is -0.305 e. The highest BCUT2D eigenvalue weighted by Gasteiger charge is 2.17. The van der Waals surface area contributed by atoms with Gasteiger partial charge >= 0.3 is 0 Å². The van der Waals surface area contributed by atoms with E-state index in [2.05, 4.69) is 39.3 Å². The highest BCUT2D eigenvalue weighted by Crippen LogP contribution is 2.26. The molecule has 2 heterocycles. The van der Waals surface area contributed by atoms with Crippen LogP contribution in [0.25, 0.3) is 10.9 Å². The van der Waals surface area contributed by atoms with Crippen LogP contribution in [0.2, 0.25) is 0 Å². The summed E-state index contributed by atoms with van der Waals surface area (Å²) in [5, 5.41) is 4.74. The van der Waals surface area contributed by atoms with Crippen LogP contribution in [0, 0.1) is 0 Å². The fourth-order valence-electron chi connectivity index (χ4n) is 2.51. The van der Waals surface area contributed by atoms with E-state index in [9.17, 15) is 0 Å². The Balaban J connectivity index is 2.10. The van der Waals surface area contributed by atoms with Crippen LogP contribution in [0.15, 0.2) is 55.1 Å². The average molecular weight is 278 g/mol. The predicted octanol–water partition coefficient (Wildman–Crippen LogP) is 3.11. The van der Waals surface area contributed by atoms with E-state index in [4.69, 9.17) is 0 Å². The third kappa shape index (κ3) is 2.90. The van der Waals surface area contributed by atoms with Crippen molar-refractivity contribution < 1.29 is 0 Å². The first-order valence-electron chi connectivity index (χ1n) is 7.23. The van der Waals surface area contributed by atoms with Gasteiger partial charge in [-0.25, -0.2) is 9.97 Å². The van der Waals surface area contributed by atoms with Gasteiger partial charge in [0.1, 0.15) is 6.33 Å². The lowest BCUT2D eigenvalue weighted by atomic mass is 9.98. The van der Waals surface area contributed by atoms with Gasteiger partial charge in [0.05, 0.1) is 17.3 Å². The summed E-state index contributed by atoms with van der Waals surface area (Å²) < 4.78 is 0. The van der Waals surface area contributed by atoms with Crippen LogP contribution in [0.5, 0.6) is 0 Å². The molecule has 4 nitrogen and oxygen atoms in total. The normalized spacial score (nSPS) is 12.4. The van der Waals surface area contributed by atoms with E-state index in [1.807, 2.05) is 30.5 Å². The number of fused-ring (bicyclic) bond motifs is 1. The number of pyridine rings is 1. The van der Waals surface area contributed by atoms with E-state index in [0.29, 0.717) is 0 Å². The Hall–Kier alpha value is -2.33. The molecule has 1 aromatic carbocycles. The molecule has 4 heteroatoms. The summed E-state index contributed by atoms with van der Waals surface area (Å²) in [5.74, 6) is 0. The summed E-state index contributed by atoms with van der Waals surface area (Å²) in [6.07, 6.45) is 6.28. The maximum Gasteiger partial charge on any atom is 0.115 e. The van der Waals surface area contributed by atoms with Crippen molar-refractivity contribution in [2.75, 3.05) is 6.54 Å². The Labute approximate surface area is 124 Å². The fraction of sp³-hybridized carbons (Fsp3) is 0.235. The first-order chi connectivity index (χ1) is 10.4. The summed E-state index contributed by atoms with van der Waals surface area (Å²) in [4.78, 5) is 12.9. The molecule has 0 fully saturated rings. The Morgan fingerprint density at radius 3 is 2.81 bits per heavy atom. The lowest BCUT2D eigenvalue weighted by molar-refractivity contribution is 0.588. The van der Waals surface area contributed by atoms with Crippen molar-refractivity contribution in [3.05, 3.63) is 66.4 Å². The van der Waals surface area contributed by atoms with E-state index < -0.39 is 0 Å². The monoisotopic (exact) mass is 278 g/mol. The maximum atomic E-state index is 4.44. The second-order valence-corrected chi connectivity index (χ2v) is 4.94. The summed E-state index contributed by atoms with van der Waals surface area (Å²) in [6.45, 7) is 3.10. The van der Waals surface area contributed by atoms with Gasteiger partial charge in [-0.1, -0.05) is 25.1 Å². The SMILES string of the molecule is CCCNC(c1ccncn1)c1cccc2ncccc12. The molecule has 0 saturated heterocycles. The van der Waals surface area contributed by atoms with Gasteiger partial charge in [0.15, 0.2) is 0 Å². The van der Waals surface area contributed by atoms with Crippen molar-refractivity contribution in [1.82, 2.24) is 20.3 Å². The van der Waals surface area contributed by atoms with Crippen molar-refractivity contribution >= 4 is 10.9 Å². The molecule has 0 bridgehead atoms. The number of hydrogen-bond acceptors (Lipinski definition) is 4. The second kappa shape index (κ2) is 6.41. The number of benzene rings is 1. The zero-order valence-corrected chi connectivity index (χ0v) is 12.0. The standard InChI is InChI=1S/C17H18N4/c1-2-9-20-17(16-8-11-18-12-21-16)14-5-3-7-15-13(14)6-4-10-19-15/h3-8,10-12,17,20H,2,9H2,1H3. The lowest BCUT2D eigenvalue weighted by Crippen LogP contribution is -2.24. The van der Waals surface area contributed by atoms with Crippen molar-refractivity contribution in [2.24, 2.45) is 0 Å². The molecule has 21 heavy (non-hydrogen) atoms. The van der Waals surface area contributed by atoms with Gasteiger partial charge in [0, 0.05) is 17.8 Å². The molecule has 0 spiro atoms. The van der Waals surface area contributed by atoms with Gasteiger partial charge in [0.25, 0.3) is 0 Å². The quantitative estimate of drug-likeness (QED) is 0.779. The Morgan fingerprint density at radius 2 is 2.00 bits per heavy atom. The lowest BCUT2D eigenvalue weighted by Gasteiger charge is -2.20. The smallest absolute Gasteiger partial charge is 0.115 e. The highest BCUT2D eigenvalue weighted by molar-refractivity contribution is 5.82. The molecule has 2 aromatic heterocycles. The second-order valence-electron chi connectivity index (χ2n) is 4.94. The molecule has 1 N–H and O–H groups in total. The minimum absolute atomic E-state index is 0.0563. The largest absolute Gasteiger partial charge is 0.305 e. The number of rotatable bonds is 5. The van der Waals surface area contributed by atoms with Gasteiger partial charge < -0.3 is 5.32 Å². The highest BCUT2D eigenvalue weighted by atomic mass is 15.0. The fourth-order valence-corrected chi connectivity index (χ4v) is 2.51. The van der Waals surface area contributed by atoms with E-state index in [1.54, 1.807) is 12.5 Å². The predicted molar refractivity (Wildman–Crippen MR) is 83.9 cm³/mol. The van der Waals surface area contributed by atoms with Crippen molar-refractivity contribution in [2.45, 2.75) is 19.4 Å². The van der Waals surface area contributed by atoms with Gasteiger partial charge in [-0.05, 0) is 36.7 Å². The van der Waals surface area contributed by atoms with Crippen molar-refractivity contribution in [3.8, 4) is 0 Å². The van der Waals surface area contributed by atoms with E-state index in [0.717, 1.165) is 29.6 Å². The van der Waals surface area contributed by atoms with Crippen LogP contribution in [0.3, 0.4) is 0 Å². The van der Waals surface area contributed by atoms with E-state index >= 15 is 0 Å². The van der Waals surface area contributed by atoms with Crippen LogP contribution >= 0.6 is 0 Å². The third-order valence-electron chi connectivity index (χ3n) is 3.49. The van der Waals surface area contributed by atoms with Crippen molar-refractivity contribution in [1.29, 1.82) is 0 Å². The van der Waals surface area contributed by atoms with Gasteiger partial charge in [0.2, 0.25) is 0 Å². The van der Waals surface area contributed by atoms with E-state index in [1.165, 1.54) is 5.56 Å². The first-order valence-corrected chi connectivity index (χ1v) is 7.23. The third-order valence-corrected chi connectivity index (χ3v) is 3.49. The van der Waals surface area contributed by atoms with Crippen LogP contribution in [0.4, 0.5) is 0 Å². The van der Waals surface area contributed by atoms with Crippen molar-refractivity contribution in [3.63, 3.8) is 0 Å². The summed E-state index contributed by atoms with van der Waals surface area (Å²) in [7, 11) is 0. The number of aromatic nitrogens is 3. The molecule has 106 valence electrons. The molecule has 1 unspecified atom stereocenters. The Morgan fingerprint density at radius 1 is 1.05 bits per heavy atom.